The Kier molecular flexibility index (Phi) is 2.01. The van der Waals surface area contributed by atoms with E-state index in [9.17, 15) is 9.59 Å². The van der Waals surface area contributed by atoms with Crippen molar-refractivity contribution in [1.29, 1.82) is 0 Å². The molecule has 0 radical (unpaired) electrons. The van der Waals surface area contributed by atoms with Crippen molar-refractivity contribution in [1.82, 2.24) is 5.32 Å². The number of nitrogens with one attached hydrogen (secondary N) is 1. The van der Waals surface area contributed by atoms with Gasteiger partial charge in [-0.1, -0.05) is 12.8 Å². The quantitative estimate of drug-likeness (QED) is 0.610. The second kappa shape index (κ2) is 2.97. The molecule has 0 aromatic carbocycles. The Morgan fingerprint density at radius 2 is 2.14 bits per heavy atom. The van der Waals surface area contributed by atoms with Gasteiger partial charge in [0, 0.05) is 12.0 Å². The molecule has 1 heterocycles. The molecule has 3 atom stereocenters. The molecule has 0 aromatic rings. The van der Waals surface area contributed by atoms with E-state index in [4.69, 9.17) is 5.11 Å². The number of hydrogen-bond donors (Lipinski definition) is 2. The van der Waals surface area contributed by atoms with E-state index in [0.717, 1.165) is 25.7 Å². The predicted molar refractivity (Wildman–Crippen MR) is 49.6 cm³/mol. The van der Waals surface area contributed by atoms with Gasteiger partial charge in [0.2, 0.25) is 5.91 Å². The number of aliphatic carboxylic acids is 1. The van der Waals surface area contributed by atoms with E-state index in [0.29, 0.717) is 0 Å². The minimum Gasteiger partial charge on any atom is -0.480 e. The molecule has 2 rings (SSSR count). The van der Waals surface area contributed by atoms with E-state index in [1.165, 1.54) is 0 Å². The highest BCUT2D eigenvalue weighted by molar-refractivity contribution is 6.03. The zero-order chi connectivity index (χ0) is 10.3. The minimum absolute atomic E-state index is 0.0127. The van der Waals surface area contributed by atoms with Gasteiger partial charge in [0.05, 0.1) is 0 Å². The van der Waals surface area contributed by atoms with Crippen molar-refractivity contribution in [2.45, 2.75) is 38.6 Å². The van der Waals surface area contributed by atoms with Crippen molar-refractivity contribution in [3.05, 3.63) is 0 Å². The molecule has 0 bridgehead atoms. The first-order valence-corrected chi connectivity index (χ1v) is 5.11. The molecule has 1 saturated carbocycles. The van der Waals surface area contributed by atoms with E-state index in [2.05, 4.69) is 5.32 Å². The van der Waals surface area contributed by atoms with Gasteiger partial charge in [-0.3, -0.25) is 9.59 Å². The van der Waals surface area contributed by atoms with Crippen molar-refractivity contribution in [3.63, 3.8) is 0 Å². The van der Waals surface area contributed by atoms with Gasteiger partial charge in [0.15, 0.2) is 0 Å². The molecule has 1 saturated heterocycles. The molecule has 4 heteroatoms. The van der Waals surface area contributed by atoms with Gasteiger partial charge in [0.1, 0.15) is 5.41 Å². The average Bonchev–Trinajstić information content (AvgIpc) is 2.41. The molecule has 4 nitrogen and oxygen atoms in total. The Labute approximate surface area is 82.7 Å². The number of carboxylic acid groups (broad SMARTS) is 1. The summed E-state index contributed by atoms with van der Waals surface area (Å²) in [5.41, 5.74) is -1.19. The van der Waals surface area contributed by atoms with Gasteiger partial charge in [-0.15, -0.1) is 0 Å². The molecule has 78 valence electrons. The number of fused-ring (bicyclic) bond motifs is 1. The van der Waals surface area contributed by atoms with E-state index in [-0.39, 0.29) is 17.9 Å². The van der Waals surface area contributed by atoms with Gasteiger partial charge in [-0.05, 0) is 19.8 Å². The van der Waals surface area contributed by atoms with Crippen LogP contribution in [-0.2, 0) is 9.59 Å². The molecular formula is C10H15NO3. The van der Waals surface area contributed by atoms with E-state index >= 15 is 0 Å². The Hall–Kier alpha value is -1.06. The predicted octanol–water partition coefficient (Wildman–Crippen LogP) is 0.766. The monoisotopic (exact) mass is 197 g/mol. The van der Waals surface area contributed by atoms with Crippen molar-refractivity contribution >= 4 is 11.9 Å². The SMILES string of the molecule is CC1(C(=O)O)C(=O)NC2CCCCC21. The van der Waals surface area contributed by atoms with Crippen LogP contribution in [0.25, 0.3) is 0 Å². The van der Waals surface area contributed by atoms with Crippen LogP contribution in [0, 0.1) is 11.3 Å². The summed E-state index contributed by atoms with van der Waals surface area (Å²) in [5.74, 6) is -1.30. The first kappa shape index (κ1) is 9.49. The molecule has 14 heavy (non-hydrogen) atoms. The first-order chi connectivity index (χ1) is 6.56. The van der Waals surface area contributed by atoms with Crippen LogP contribution >= 0.6 is 0 Å². The minimum atomic E-state index is -1.19. The topological polar surface area (TPSA) is 66.4 Å². The second-order valence-electron chi connectivity index (χ2n) is 4.48. The molecule has 3 unspecified atom stereocenters. The standard InChI is InChI=1S/C10H15NO3/c1-10(9(13)14)6-4-2-3-5-7(6)11-8(10)12/h6-7H,2-5H2,1H3,(H,11,12)(H,13,14). The lowest BCUT2D eigenvalue weighted by Crippen LogP contribution is -2.40. The number of carboxylic acids is 1. The largest absolute Gasteiger partial charge is 0.480 e. The summed E-state index contributed by atoms with van der Waals surface area (Å²) >= 11 is 0. The van der Waals surface area contributed by atoms with Crippen molar-refractivity contribution in [3.8, 4) is 0 Å². The van der Waals surface area contributed by atoms with Gasteiger partial charge in [-0.2, -0.15) is 0 Å². The van der Waals surface area contributed by atoms with E-state index in [1.807, 2.05) is 0 Å². The zero-order valence-electron chi connectivity index (χ0n) is 8.25. The van der Waals surface area contributed by atoms with Gasteiger partial charge in [0.25, 0.3) is 0 Å². The number of carbonyl (C=O) groups excluding carboxylic acids is 1. The van der Waals surface area contributed by atoms with Crippen LogP contribution in [0.5, 0.6) is 0 Å². The lowest BCUT2D eigenvalue weighted by Gasteiger charge is -2.30. The normalized spacial score (nSPS) is 41.6. The third-order valence-corrected chi connectivity index (χ3v) is 3.74. The van der Waals surface area contributed by atoms with Crippen LogP contribution in [0.15, 0.2) is 0 Å². The molecule has 1 aliphatic heterocycles. The summed E-state index contributed by atoms with van der Waals surface area (Å²) in [6.45, 7) is 1.56. The van der Waals surface area contributed by atoms with Crippen LogP contribution in [0.2, 0.25) is 0 Å². The summed E-state index contributed by atoms with van der Waals surface area (Å²) in [5, 5.41) is 11.9. The molecule has 0 aromatic heterocycles. The lowest BCUT2D eigenvalue weighted by atomic mass is 9.70. The van der Waals surface area contributed by atoms with Gasteiger partial charge in [-0.25, -0.2) is 0 Å². The summed E-state index contributed by atoms with van der Waals surface area (Å²) < 4.78 is 0. The van der Waals surface area contributed by atoms with Gasteiger partial charge >= 0.3 is 5.97 Å². The maximum atomic E-state index is 11.6. The van der Waals surface area contributed by atoms with E-state index in [1.54, 1.807) is 6.92 Å². The second-order valence-corrected chi connectivity index (χ2v) is 4.48. The highest BCUT2D eigenvalue weighted by atomic mass is 16.4. The van der Waals surface area contributed by atoms with Crippen molar-refractivity contribution in [2.75, 3.05) is 0 Å². The first-order valence-electron chi connectivity index (χ1n) is 5.11. The van der Waals surface area contributed by atoms with Gasteiger partial charge < -0.3 is 10.4 Å². The average molecular weight is 197 g/mol. The number of hydrogen-bond acceptors (Lipinski definition) is 2. The Morgan fingerprint density at radius 1 is 1.50 bits per heavy atom. The molecule has 1 aliphatic carbocycles. The Balaban J connectivity index is 2.32. The fraction of sp³-hybridized carbons (Fsp3) is 0.800. The molecule has 2 fully saturated rings. The summed E-state index contributed by atoms with van der Waals surface area (Å²) in [7, 11) is 0. The summed E-state index contributed by atoms with van der Waals surface area (Å²) in [6, 6.07) is 0.0948. The van der Waals surface area contributed by atoms with Crippen LogP contribution in [-0.4, -0.2) is 23.0 Å². The van der Waals surface area contributed by atoms with Crippen LogP contribution in [0.3, 0.4) is 0 Å². The van der Waals surface area contributed by atoms with Crippen LogP contribution < -0.4 is 5.32 Å². The van der Waals surface area contributed by atoms with E-state index < -0.39 is 11.4 Å². The van der Waals surface area contributed by atoms with Crippen LogP contribution in [0.1, 0.15) is 32.6 Å². The highest BCUT2D eigenvalue weighted by Crippen LogP contribution is 2.43. The number of carbonyl (C=O) groups is 2. The highest BCUT2D eigenvalue weighted by Gasteiger charge is 2.57. The summed E-state index contributed by atoms with van der Waals surface area (Å²) in [4.78, 5) is 22.7. The molecule has 0 spiro atoms. The fourth-order valence-corrected chi connectivity index (χ4v) is 2.74. The maximum Gasteiger partial charge on any atom is 0.319 e. The third kappa shape index (κ3) is 1.06. The zero-order valence-corrected chi connectivity index (χ0v) is 8.25. The van der Waals surface area contributed by atoms with Crippen LogP contribution in [0.4, 0.5) is 0 Å². The summed E-state index contributed by atoms with van der Waals surface area (Å²) in [6.07, 6.45) is 3.92. The Bertz CT molecular complexity index is 289. The molecular weight excluding hydrogens is 182 g/mol. The number of rotatable bonds is 1. The molecule has 2 N–H and O–H groups in total. The molecule has 2 aliphatic rings. The maximum absolute atomic E-state index is 11.6. The lowest BCUT2D eigenvalue weighted by molar-refractivity contribution is -0.155. The third-order valence-electron chi connectivity index (χ3n) is 3.74. The number of amides is 1. The van der Waals surface area contributed by atoms with Crippen molar-refractivity contribution < 1.29 is 14.7 Å². The van der Waals surface area contributed by atoms with Crippen molar-refractivity contribution in [2.24, 2.45) is 11.3 Å². The smallest absolute Gasteiger partial charge is 0.319 e. The Morgan fingerprint density at radius 3 is 2.79 bits per heavy atom. The molecule has 1 amide bonds. The fourth-order valence-electron chi connectivity index (χ4n) is 2.74.